The topological polar surface area (TPSA) is 85.8 Å². The van der Waals surface area contributed by atoms with Crippen LogP contribution in [0.25, 0.3) is 0 Å². The summed E-state index contributed by atoms with van der Waals surface area (Å²) in [6.07, 6.45) is -2.39. The third kappa shape index (κ3) is 3.43. The zero-order chi connectivity index (χ0) is 20.0. The summed E-state index contributed by atoms with van der Waals surface area (Å²) in [5.41, 5.74) is -1.99. The van der Waals surface area contributed by atoms with Crippen LogP contribution in [-0.2, 0) is 22.9 Å². The average molecular weight is 466 g/mol. The molecule has 1 atom stereocenters. The van der Waals surface area contributed by atoms with Gasteiger partial charge in [0.25, 0.3) is 16.4 Å². The number of anilines is 1. The summed E-state index contributed by atoms with van der Waals surface area (Å²) in [5, 5.41) is 9.12. The summed E-state index contributed by atoms with van der Waals surface area (Å²) in [6.45, 7) is 0. The Balaban J connectivity index is 1.95. The molecule has 144 valence electrons. The number of alkyl halides is 2. The molecule has 0 bridgehead atoms. The number of sulfonamides is 1. The molecule has 11 heteroatoms. The lowest BCUT2D eigenvalue weighted by atomic mass is 9.75. The molecule has 5 nitrogen and oxygen atoms in total. The van der Waals surface area contributed by atoms with Crippen LogP contribution in [0.1, 0.15) is 17.7 Å². The van der Waals surface area contributed by atoms with E-state index in [0.717, 1.165) is 12.3 Å². The number of aromatic nitrogens is 1. The fourth-order valence-electron chi connectivity index (χ4n) is 3.03. The molecule has 1 aliphatic rings. The SMILES string of the molecule is N#C[C@]1(C(F)F)CCc2c(S(=O)(=O)Nc3cc(F)c(Br)cc3F)c[nH]c2C1. The second-order valence-corrected chi connectivity index (χ2v) is 8.71. The number of benzene rings is 1. The van der Waals surface area contributed by atoms with Crippen molar-refractivity contribution in [3.8, 4) is 6.07 Å². The molecule has 0 spiro atoms. The van der Waals surface area contributed by atoms with E-state index in [1.165, 1.54) is 0 Å². The van der Waals surface area contributed by atoms with E-state index >= 15 is 0 Å². The fourth-order valence-corrected chi connectivity index (χ4v) is 4.67. The summed E-state index contributed by atoms with van der Waals surface area (Å²) < 4.78 is 81.1. The minimum Gasteiger partial charge on any atom is -0.363 e. The molecule has 0 radical (unpaired) electrons. The van der Waals surface area contributed by atoms with Gasteiger partial charge in [-0.2, -0.15) is 5.26 Å². The van der Waals surface area contributed by atoms with Gasteiger partial charge in [-0.1, -0.05) is 0 Å². The molecule has 2 aromatic rings. The number of nitriles is 1. The van der Waals surface area contributed by atoms with Gasteiger partial charge in [-0.3, -0.25) is 4.72 Å². The molecule has 2 N–H and O–H groups in total. The lowest BCUT2D eigenvalue weighted by Crippen LogP contribution is -2.34. The molecule has 1 heterocycles. The molecule has 1 aliphatic carbocycles. The maximum atomic E-state index is 13.9. The van der Waals surface area contributed by atoms with E-state index in [2.05, 4.69) is 20.9 Å². The molecule has 27 heavy (non-hydrogen) atoms. The quantitative estimate of drug-likeness (QED) is 0.525. The number of hydrogen-bond donors (Lipinski definition) is 2. The van der Waals surface area contributed by atoms with E-state index in [4.69, 9.17) is 5.26 Å². The number of fused-ring (bicyclic) bond motifs is 1. The molecule has 1 aromatic carbocycles. The molecule has 3 rings (SSSR count). The zero-order valence-electron chi connectivity index (χ0n) is 13.5. The van der Waals surface area contributed by atoms with Crippen molar-refractivity contribution in [2.24, 2.45) is 5.41 Å². The van der Waals surface area contributed by atoms with Crippen LogP contribution in [0, 0.1) is 28.4 Å². The molecule has 0 saturated carbocycles. The van der Waals surface area contributed by atoms with Gasteiger partial charge in [-0.25, -0.2) is 26.0 Å². The standard InChI is InChI=1S/C16H12BrF4N3O2S/c17-9-3-11(19)12(4-10(9)18)24-27(25,26)14-6-23-13-5-16(7-22,15(20)21)2-1-8(13)14/h3-4,6,15,23-24H,1-2,5H2/t16-/m0/s1. The Hall–Kier alpha value is -2.06. The highest BCUT2D eigenvalue weighted by atomic mass is 79.9. The van der Waals surface area contributed by atoms with Gasteiger partial charge in [0.1, 0.15) is 21.9 Å². The predicted octanol–water partition coefficient (Wildman–Crippen LogP) is 4.12. The van der Waals surface area contributed by atoms with Crippen LogP contribution < -0.4 is 4.72 Å². The number of aromatic amines is 1. The van der Waals surface area contributed by atoms with E-state index in [-0.39, 0.29) is 39.9 Å². The first-order valence-corrected chi connectivity index (χ1v) is 9.93. The number of nitrogens with one attached hydrogen (secondary N) is 2. The maximum Gasteiger partial charge on any atom is 0.263 e. The number of halogens is 5. The molecule has 0 unspecified atom stereocenters. The van der Waals surface area contributed by atoms with E-state index in [9.17, 15) is 26.0 Å². The van der Waals surface area contributed by atoms with Gasteiger partial charge in [0, 0.05) is 24.4 Å². The van der Waals surface area contributed by atoms with Gasteiger partial charge < -0.3 is 4.98 Å². The van der Waals surface area contributed by atoms with Crippen LogP contribution in [0.2, 0.25) is 0 Å². The van der Waals surface area contributed by atoms with Crippen LogP contribution in [0.15, 0.2) is 27.7 Å². The highest BCUT2D eigenvalue weighted by Crippen LogP contribution is 2.41. The van der Waals surface area contributed by atoms with E-state index in [1.54, 1.807) is 6.07 Å². The van der Waals surface area contributed by atoms with Crippen LogP contribution >= 0.6 is 15.9 Å². The van der Waals surface area contributed by atoms with Crippen LogP contribution in [-0.4, -0.2) is 19.8 Å². The summed E-state index contributed by atoms with van der Waals surface area (Å²) in [5.74, 6) is -1.85. The summed E-state index contributed by atoms with van der Waals surface area (Å²) in [7, 11) is -4.30. The second-order valence-electron chi connectivity index (χ2n) is 6.21. The lowest BCUT2D eigenvalue weighted by Gasteiger charge is -2.30. The van der Waals surface area contributed by atoms with E-state index < -0.39 is 39.2 Å². The summed E-state index contributed by atoms with van der Waals surface area (Å²) in [4.78, 5) is 2.37. The normalized spacial score (nSPS) is 19.6. The molecular weight excluding hydrogens is 454 g/mol. The van der Waals surface area contributed by atoms with Crippen LogP contribution in [0.4, 0.5) is 23.2 Å². The first kappa shape index (κ1) is 19.7. The monoisotopic (exact) mass is 465 g/mol. The Morgan fingerprint density at radius 1 is 1.30 bits per heavy atom. The van der Waals surface area contributed by atoms with Crippen LogP contribution in [0.5, 0.6) is 0 Å². The van der Waals surface area contributed by atoms with Gasteiger partial charge in [-0.15, -0.1) is 0 Å². The Morgan fingerprint density at radius 2 is 2.00 bits per heavy atom. The molecule has 0 fully saturated rings. The van der Waals surface area contributed by atoms with Gasteiger partial charge in [0.15, 0.2) is 0 Å². The Kier molecular flexibility index (Phi) is 4.98. The third-order valence-corrected chi connectivity index (χ3v) is 6.58. The smallest absolute Gasteiger partial charge is 0.263 e. The first-order valence-electron chi connectivity index (χ1n) is 7.65. The van der Waals surface area contributed by atoms with Crippen molar-refractivity contribution in [2.75, 3.05) is 4.72 Å². The van der Waals surface area contributed by atoms with Crippen molar-refractivity contribution >= 4 is 31.6 Å². The molecule has 0 saturated heterocycles. The second kappa shape index (κ2) is 6.83. The molecule has 1 aromatic heterocycles. The van der Waals surface area contributed by atoms with Gasteiger partial charge in [0.2, 0.25) is 0 Å². The highest BCUT2D eigenvalue weighted by molar-refractivity contribution is 9.10. The van der Waals surface area contributed by atoms with Crippen molar-refractivity contribution < 1.29 is 26.0 Å². The zero-order valence-corrected chi connectivity index (χ0v) is 15.9. The minimum atomic E-state index is -4.30. The van der Waals surface area contributed by atoms with Gasteiger partial charge >= 0.3 is 0 Å². The number of nitrogens with zero attached hydrogens (tertiary/aromatic N) is 1. The average Bonchev–Trinajstić information content (AvgIpc) is 3.02. The van der Waals surface area contributed by atoms with Crippen molar-refractivity contribution in [3.05, 3.63) is 45.7 Å². The van der Waals surface area contributed by atoms with Crippen molar-refractivity contribution in [1.82, 2.24) is 4.98 Å². The van der Waals surface area contributed by atoms with E-state index in [1.807, 2.05) is 4.72 Å². The summed E-state index contributed by atoms with van der Waals surface area (Å²) in [6, 6.07) is 3.10. The number of H-pyrrole nitrogens is 1. The maximum absolute atomic E-state index is 13.9. The first-order chi connectivity index (χ1) is 12.6. The van der Waals surface area contributed by atoms with Gasteiger partial charge in [-0.05, 0) is 40.4 Å². The van der Waals surface area contributed by atoms with E-state index in [0.29, 0.717) is 6.07 Å². The Morgan fingerprint density at radius 3 is 2.63 bits per heavy atom. The van der Waals surface area contributed by atoms with Crippen molar-refractivity contribution in [3.63, 3.8) is 0 Å². The highest BCUT2D eigenvalue weighted by Gasteiger charge is 2.45. The number of hydrogen-bond acceptors (Lipinski definition) is 3. The van der Waals surface area contributed by atoms with Gasteiger partial charge in [0.05, 0.1) is 16.2 Å². The minimum absolute atomic E-state index is 0.0653. The van der Waals surface area contributed by atoms with Crippen molar-refractivity contribution in [1.29, 1.82) is 5.26 Å². The number of rotatable bonds is 4. The largest absolute Gasteiger partial charge is 0.363 e. The fraction of sp³-hybridized carbons (Fsp3) is 0.312. The molecular formula is C16H12BrF4N3O2S. The van der Waals surface area contributed by atoms with Crippen molar-refractivity contribution in [2.45, 2.75) is 30.6 Å². The Labute approximate surface area is 160 Å². The Bertz CT molecular complexity index is 1050. The molecule has 0 amide bonds. The lowest BCUT2D eigenvalue weighted by molar-refractivity contribution is 0.0230. The summed E-state index contributed by atoms with van der Waals surface area (Å²) >= 11 is 2.79. The van der Waals surface area contributed by atoms with Crippen LogP contribution in [0.3, 0.4) is 0 Å². The third-order valence-electron chi connectivity index (χ3n) is 4.54. The predicted molar refractivity (Wildman–Crippen MR) is 91.7 cm³/mol. The molecule has 0 aliphatic heterocycles.